The van der Waals surface area contributed by atoms with Crippen LogP contribution in [0, 0.1) is 4.91 Å². The maximum atomic E-state index is 12.6. The molecule has 4 amide bonds. The summed E-state index contributed by atoms with van der Waals surface area (Å²) >= 11 is 0. The molecule has 10 heteroatoms. The van der Waals surface area contributed by atoms with Crippen molar-refractivity contribution in [3.05, 3.63) is 135 Å². The first-order valence-corrected chi connectivity index (χ1v) is 12.3. The zero-order valence-corrected chi connectivity index (χ0v) is 20.9. The third-order valence-electron chi connectivity index (χ3n) is 6.65. The number of hydrogen-bond donors (Lipinski definition) is 0. The molecule has 0 N–H and O–H groups in total. The number of anilines is 2. The molecule has 6 rings (SSSR count). The number of carbonyl (C=O) groups excluding carboxylic acids is 4. The van der Waals surface area contributed by atoms with Crippen LogP contribution in [0.15, 0.2) is 97.1 Å². The van der Waals surface area contributed by atoms with Crippen LogP contribution in [-0.2, 0) is 22.9 Å². The smallest absolute Gasteiger partial charge is 0.268 e. The van der Waals surface area contributed by atoms with Gasteiger partial charge in [-0.05, 0) is 59.7 Å². The molecule has 0 atom stereocenters. The molecular formula is C30H20N3O7+. The monoisotopic (exact) mass is 534 g/mol. The molecule has 0 aliphatic carbocycles. The number of nitrogens with zero attached hydrogens (tertiary/aromatic N) is 3. The highest BCUT2D eigenvalue weighted by Crippen LogP contribution is 2.29. The molecule has 0 saturated heterocycles. The molecule has 2 aliphatic heterocycles. The topological polar surface area (TPSA) is 113 Å². The van der Waals surface area contributed by atoms with Crippen LogP contribution in [0.2, 0.25) is 0 Å². The average molecular weight is 535 g/mol. The number of imide groups is 2. The molecule has 4 aromatic rings. The van der Waals surface area contributed by atoms with E-state index in [0.29, 0.717) is 44.8 Å². The minimum absolute atomic E-state index is 0.00382. The summed E-state index contributed by atoms with van der Waals surface area (Å²) in [6.45, 7) is -0.213. The highest BCUT2D eigenvalue weighted by molar-refractivity contribution is 6.35. The van der Waals surface area contributed by atoms with Crippen LogP contribution in [-0.4, -0.2) is 28.7 Å². The van der Waals surface area contributed by atoms with Crippen molar-refractivity contribution in [2.75, 3.05) is 9.80 Å². The SMILES string of the molecule is O=C1c2ccccc2C(=O)N1c1ccc(CO[N+](=O)OCc2ccc(N3C(=O)c4ccccc4C3=O)cc2)cc1. The highest BCUT2D eigenvalue weighted by Gasteiger charge is 2.37. The van der Waals surface area contributed by atoms with Gasteiger partial charge in [0.15, 0.2) is 13.2 Å². The summed E-state index contributed by atoms with van der Waals surface area (Å²) < 4.78 is 0. The third kappa shape index (κ3) is 4.27. The van der Waals surface area contributed by atoms with E-state index in [4.69, 9.17) is 9.68 Å². The van der Waals surface area contributed by atoms with Crippen molar-refractivity contribution in [1.82, 2.24) is 0 Å². The molecule has 196 valence electrons. The van der Waals surface area contributed by atoms with Gasteiger partial charge in [-0.15, -0.1) is 0 Å². The Bertz CT molecular complexity index is 1500. The van der Waals surface area contributed by atoms with Gasteiger partial charge in [-0.1, -0.05) is 48.5 Å². The first-order chi connectivity index (χ1) is 19.4. The van der Waals surface area contributed by atoms with E-state index in [1.165, 1.54) is 0 Å². The van der Waals surface area contributed by atoms with Gasteiger partial charge in [0.05, 0.1) is 33.6 Å². The van der Waals surface area contributed by atoms with Gasteiger partial charge >= 0.3 is 5.09 Å². The molecule has 10 nitrogen and oxygen atoms in total. The summed E-state index contributed by atoms with van der Waals surface area (Å²) in [6, 6.07) is 26.3. The maximum Gasteiger partial charge on any atom is 0.478 e. The quantitative estimate of drug-likeness (QED) is 0.239. The van der Waals surface area contributed by atoms with E-state index in [9.17, 15) is 24.1 Å². The first-order valence-electron chi connectivity index (χ1n) is 12.3. The molecule has 0 fully saturated rings. The highest BCUT2D eigenvalue weighted by atomic mass is 17.0. The van der Waals surface area contributed by atoms with E-state index < -0.39 is 0 Å². The Balaban J connectivity index is 1.01. The van der Waals surface area contributed by atoms with Crippen molar-refractivity contribution in [2.45, 2.75) is 13.2 Å². The molecule has 4 aromatic carbocycles. The minimum atomic E-state index is -0.388. The van der Waals surface area contributed by atoms with Gasteiger partial charge < -0.3 is 0 Å². The first kappa shape index (κ1) is 24.7. The number of amides is 4. The number of benzene rings is 4. The van der Waals surface area contributed by atoms with E-state index >= 15 is 0 Å². The number of fused-ring (bicyclic) bond motifs is 2. The zero-order valence-electron chi connectivity index (χ0n) is 20.9. The van der Waals surface area contributed by atoms with Crippen molar-refractivity contribution in [3.63, 3.8) is 0 Å². The zero-order chi connectivity index (χ0) is 27.8. The molecule has 40 heavy (non-hydrogen) atoms. The Morgan fingerprint density at radius 2 is 0.775 bits per heavy atom. The van der Waals surface area contributed by atoms with Crippen LogP contribution < -0.4 is 9.80 Å². The Hall–Kier alpha value is -5.64. The van der Waals surface area contributed by atoms with E-state index in [0.717, 1.165) is 9.80 Å². The third-order valence-corrected chi connectivity index (χ3v) is 6.65. The number of hydrogen-bond acceptors (Lipinski definition) is 7. The van der Waals surface area contributed by atoms with Crippen LogP contribution in [0.4, 0.5) is 11.4 Å². The Morgan fingerprint density at radius 1 is 0.475 bits per heavy atom. The lowest BCUT2D eigenvalue weighted by Crippen LogP contribution is -2.29. The molecular weight excluding hydrogens is 514 g/mol. The molecule has 0 bridgehead atoms. The molecule has 0 aromatic heterocycles. The Kier molecular flexibility index (Phi) is 6.12. The molecule has 2 heterocycles. The van der Waals surface area contributed by atoms with Crippen molar-refractivity contribution in [2.24, 2.45) is 0 Å². The van der Waals surface area contributed by atoms with Gasteiger partial charge in [0, 0.05) is 0 Å². The lowest BCUT2D eigenvalue weighted by atomic mass is 10.1. The van der Waals surface area contributed by atoms with Gasteiger partial charge in [0.1, 0.15) is 4.91 Å². The van der Waals surface area contributed by atoms with Crippen molar-refractivity contribution in [3.8, 4) is 0 Å². The van der Waals surface area contributed by atoms with Crippen LogP contribution >= 0.6 is 0 Å². The average Bonchev–Trinajstić information content (AvgIpc) is 3.40. The van der Waals surface area contributed by atoms with Gasteiger partial charge in [-0.2, -0.15) is 9.68 Å². The predicted molar refractivity (Wildman–Crippen MR) is 141 cm³/mol. The summed E-state index contributed by atoms with van der Waals surface area (Å²) in [6.07, 6.45) is 0. The summed E-state index contributed by atoms with van der Waals surface area (Å²) in [5, 5.41) is -0.00382. The largest absolute Gasteiger partial charge is 0.478 e. The summed E-state index contributed by atoms with van der Waals surface area (Å²) in [5.74, 6) is -1.55. The normalized spacial score (nSPS) is 13.9. The fourth-order valence-electron chi connectivity index (χ4n) is 4.62. The summed E-state index contributed by atoms with van der Waals surface area (Å²) in [5.41, 5.74) is 3.50. The standard InChI is InChI=1S/C30H20N3O7/c34-27-23-5-1-2-6-24(23)28(35)31(27)21-13-9-19(10-14-21)17-39-33(38)40-18-20-11-15-22(16-12-20)32-29(36)25-7-3-4-8-26(25)30(32)37/h1-16H,17-18H2/q+1. The second-order valence-electron chi connectivity index (χ2n) is 9.09. The fraction of sp³-hybridized carbons (Fsp3) is 0.0667. The molecule has 2 aliphatic rings. The van der Waals surface area contributed by atoms with E-state index in [-0.39, 0.29) is 41.9 Å². The fourth-order valence-corrected chi connectivity index (χ4v) is 4.62. The van der Waals surface area contributed by atoms with Crippen LogP contribution in [0.25, 0.3) is 0 Å². The van der Waals surface area contributed by atoms with E-state index in [2.05, 4.69) is 0 Å². The molecule has 0 saturated carbocycles. The van der Waals surface area contributed by atoms with Crippen molar-refractivity contribution >= 4 is 35.0 Å². The molecule has 0 unspecified atom stereocenters. The predicted octanol–water partition coefficient (Wildman–Crippen LogP) is 4.63. The Labute approximate surface area is 227 Å². The van der Waals surface area contributed by atoms with Crippen LogP contribution in [0.3, 0.4) is 0 Å². The molecule has 0 spiro atoms. The van der Waals surface area contributed by atoms with Crippen molar-refractivity contribution in [1.29, 1.82) is 0 Å². The number of rotatable bonds is 8. The lowest BCUT2D eigenvalue weighted by Gasteiger charge is -2.14. The minimum Gasteiger partial charge on any atom is -0.268 e. The molecule has 0 radical (unpaired) electrons. The van der Waals surface area contributed by atoms with Crippen LogP contribution in [0.5, 0.6) is 0 Å². The summed E-state index contributed by atoms with van der Waals surface area (Å²) in [4.78, 5) is 75.0. The second-order valence-corrected chi connectivity index (χ2v) is 9.09. The maximum absolute atomic E-state index is 12.6. The lowest BCUT2D eigenvalue weighted by molar-refractivity contribution is -0.987. The number of carbonyl (C=O) groups is 4. The van der Waals surface area contributed by atoms with Crippen molar-refractivity contribution < 1.29 is 33.9 Å². The van der Waals surface area contributed by atoms with Gasteiger partial charge in [0.25, 0.3) is 23.6 Å². The Morgan fingerprint density at radius 3 is 1.07 bits per heavy atom. The summed E-state index contributed by atoms with van der Waals surface area (Å²) in [7, 11) is 0. The van der Waals surface area contributed by atoms with Gasteiger partial charge in [0.2, 0.25) is 0 Å². The van der Waals surface area contributed by atoms with Gasteiger partial charge in [-0.25, -0.2) is 9.80 Å². The van der Waals surface area contributed by atoms with E-state index in [1.807, 2.05) is 0 Å². The van der Waals surface area contributed by atoms with Crippen LogP contribution in [0.1, 0.15) is 52.6 Å². The van der Waals surface area contributed by atoms with Gasteiger partial charge in [-0.3, -0.25) is 19.2 Å². The van der Waals surface area contributed by atoms with E-state index in [1.54, 1.807) is 97.1 Å². The second kappa shape index (κ2) is 9.91.